The lowest BCUT2D eigenvalue weighted by atomic mass is 10.1. The number of carbonyl (C=O) groups is 1. The van der Waals surface area contributed by atoms with Gasteiger partial charge in [-0.15, -0.1) is 0 Å². The zero-order chi connectivity index (χ0) is 17.1. The molecule has 6 nitrogen and oxygen atoms in total. The van der Waals surface area contributed by atoms with E-state index in [0.717, 1.165) is 18.7 Å². The molecule has 1 aromatic carbocycles. The number of nitrogens with zero attached hydrogens (tertiary/aromatic N) is 3. The third-order valence-electron chi connectivity index (χ3n) is 4.13. The minimum absolute atomic E-state index is 0.00348. The van der Waals surface area contributed by atoms with Crippen LogP contribution in [-0.4, -0.2) is 46.9 Å². The van der Waals surface area contributed by atoms with Gasteiger partial charge in [-0.25, -0.2) is 0 Å². The topological polar surface area (TPSA) is 56.6 Å². The summed E-state index contributed by atoms with van der Waals surface area (Å²) in [4.78, 5) is 14.4. The number of likely N-dealkylation sites (tertiary alicyclic amines) is 1. The van der Waals surface area contributed by atoms with E-state index < -0.39 is 0 Å². The Kier molecular flexibility index (Phi) is 4.74. The molecule has 0 bridgehead atoms. The number of carbonyl (C=O) groups excluding carboxylic acids is 1. The number of ether oxygens (including phenoxy) is 2. The van der Waals surface area contributed by atoms with Gasteiger partial charge in [-0.2, -0.15) is 5.10 Å². The number of rotatable bonds is 6. The number of hydrogen-bond acceptors (Lipinski definition) is 4. The predicted molar refractivity (Wildman–Crippen MR) is 90.6 cm³/mol. The van der Waals surface area contributed by atoms with Gasteiger partial charge < -0.3 is 14.4 Å². The highest BCUT2D eigenvalue weighted by Crippen LogP contribution is 2.29. The number of benzene rings is 1. The molecular formula is C18H23N3O3. The normalized spacial score (nSPS) is 14.4. The van der Waals surface area contributed by atoms with Crippen molar-refractivity contribution in [2.24, 2.45) is 0 Å². The van der Waals surface area contributed by atoms with Crippen LogP contribution >= 0.6 is 0 Å². The van der Waals surface area contributed by atoms with Gasteiger partial charge >= 0.3 is 0 Å². The van der Waals surface area contributed by atoms with E-state index >= 15 is 0 Å². The summed E-state index contributed by atoms with van der Waals surface area (Å²) in [5.41, 5.74) is 1.46. The fourth-order valence-corrected chi connectivity index (χ4v) is 2.82. The Morgan fingerprint density at radius 2 is 2.00 bits per heavy atom. The van der Waals surface area contributed by atoms with Gasteiger partial charge in [0.05, 0.1) is 31.5 Å². The summed E-state index contributed by atoms with van der Waals surface area (Å²) in [7, 11) is 1.62. The summed E-state index contributed by atoms with van der Waals surface area (Å²) >= 11 is 0. The molecule has 128 valence electrons. The maximum atomic E-state index is 12.6. The third-order valence-corrected chi connectivity index (χ3v) is 4.13. The smallest absolute Gasteiger partial charge is 0.257 e. The fourth-order valence-electron chi connectivity index (χ4n) is 2.82. The highest BCUT2D eigenvalue weighted by Gasteiger charge is 2.34. The minimum Gasteiger partial charge on any atom is -0.493 e. The Bertz CT molecular complexity index is 720. The van der Waals surface area contributed by atoms with Gasteiger partial charge in [-0.1, -0.05) is 19.1 Å². The molecule has 0 N–H and O–H groups in total. The summed E-state index contributed by atoms with van der Waals surface area (Å²) in [6.45, 7) is 5.95. The molecule has 0 spiro atoms. The monoisotopic (exact) mass is 329 g/mol. The second-order valence-electron chi connectivity index (χ2n) is 5.99. The van der Waals surface area contributed by atoms with Crippen molar-refractivity contribution >= 4 is 5.91 Å². The molecule has 2 aromatic rings. The molecule has 0 unspecified atom stereocenters. The standard InChI is InChI=1S/C18H23N3O3/c1-4-9-21-12-15(13(2)19-21)18(22)20-10-14(11-20)24-17-8-6-5-7-16(17)23-3/h5-8,12,14H,4,9-11H2,1-3H3. The Balaban J connectivity index is 1.59. The first-order valence-corrected chi connectivity index (χ1v) is 8.25. The number of aryl methyl sites for hydroxylation is 2. The molecular weight excluding hydrogens is 306 g/mol. The first-order chi connectivity index (χ1) is 11.6. The molecule has 1 fully saturated rings. The molecule has 3 rings (SSSR count). The quantitative estimate of drug-likeness (QED) is 0.817. The summed E-state index contributed by atoms with van der Waals surface area (Å²) in [5.74, 6) is 1.44. The van der Waals surface area contributed by atoms with Crippen molar-refractivity contribution in [3.63, 3.8) is 0 Å². The number of amides is 1. The lowest BCUT2D eigenvalue weighted by Crippen LogP contribution is -2.56. The Labute approximate surface area is 142 Å². The van der Waals surface area contributed by atoms with Gasteiger partial charge in [0, 0.05) is 12.7 Å². The van der Waals surface area contributed by atoms with Crippen LogP contribution in [0.15, 0.2) is 30.5 Å². The minimum atomic E-state index is -0.00348. The second-order valence-corrected chi connectivity index (χ2v) is 5.99. The predicted octanol–water partition coefficient (Wildman–Crippen LogP) is 2.51. The molecule has 24 heavy (non-hydrogen) atoms. The van der Waals surface area contributed by atoms with E-state index in [0.29, 0.717) is 30.2 Å². The molecule has 1 aliphatic rings. The summed E-state index contributed by atoms with van der Waals surface area (Å²) in [6, 6.07) is 7.55. The van der Waals surface area contributed by atoms with E-state index in [9.17, 15) is 4.79 Å². The van der Waals surface area contributed by atoms with Crippen LogP contribution in [0.1, 0.15) is 29.4 Å². The van der Waals surface area contributed by atoms with Crippen LogP contribution in [0.4, 0.5) is 0 Å². The summed E-state index contributed by atoms with van der Waals surface area (Å²) in [6.07, 6.45) is 2.83. The Morgan fingerprint density at radius 1 is 1.29 bits per heavy atom. The zero-order valence-corrected chi connectivity index (χ0v) is 14.4. The highest BCUT2D eigenvalue weighted by atomic mass is 16.5. The van der Waals surface area contributed by atoms with Crippen molar-refractivity contribution in [1.82, 2.24) is 14.7 Å². The van der Waals surface area contributed by atoms with Crippen LogP contribution in [0.2, 0.25) is 0 Å². The van der Waals surface area contributed by atoms with Gasteiger partial charge in [-0.05, 0) is 25.5 Å². The molecule has 0 saturated carbocycles. The van der Waals surface area contributed by atoms with Gasteiger partial charge in [0.15, 0.2) is 11.5 Å². The van der Waals surface area contributed by atoms with E-state index in [4.69, 9.17) is 9.47 Å². The zero-order valence-electron chi connectivity index (χ0n) is 14.4. The van der Waals surface area contributed by atoms with E-state index in [-0.39, 0.29) is 12.0 Å². The van der Waals surface area contributed by atoms with Gasteiger partial charge in [-0.3, -0.25) is 9.48 Å². The van der Waals surface area contributed by atoms with Gasteiger partial charge in [0.2, 0.25) is 0 Å². The first-order valence-electron chi connectivity index (χ1n) is 8.25. The van der Waals surface area contributed by atoms with Crippen LogP contribution in [0.25, 0.3) is 0 Å². The molecule has 6 heteroatoms. The van der Waals surface area contributed by atoms with Crippen molar-refractivity contribution in [1.29, 1.82) is 0 Å². The maximum Gasteiger partial charge on any atom is 0.257 e. The Hall–Kier alpha value is -2.50. The van der Waals surface area contributed by atoms with Crippen molar-refractivity contribution in [3.8, 4) is 11.5 Å². The second kappa shape index (κ2) is 6.95. The molecule has 1 aliphatic heterocycles. The Morgan fingerprint density at radius 3 is 2.67 bits per heavy atom. The van der Waals surface area contributed by atoms with Gasteiger partial charge in [0.1, 0.15) is 6.10 Å². The number of hydrogen-bond donors (Lipinski definition) is 0. The average molecular weight is 329 g/mol. The molecule has 2 heterocycles. The van der Waals surface area contributed by atoms with Crippen LogP contribution in [0.3, 0.4) is 0 Å². The van der Waals surface area contributed by atoms with E-state index in [2.05, 4.69) is 12.0 Å². The summed E-state index contributed by atoms with van der Waals surface area (Å²) in [5, 5.41) is 4.39. The SMILES string of the molecule is CCCn1cc(C(=O)N2CC(Oc3ccccc3OC)C2)c(C)n1. The third kappa shape index (κ3) is 3.22. The lowest BCUT2D eigenvalue weighted by Gasteiger charge is -2.39. The van der Waals surface area contributed by atoms with Crippen molar-refractivity contribution in [3.05, 3.63) is 41.7 Å². The van der Waals surface area contributed by atoms with E-state index in [1.807, 2.05) is 42.1 Å². The van der Waals surface area contributed by atoms with Crippen molar-refractivity contribution in [2.45, 2.75) is 32.9 Å². The van der Waals surface area contributed by atoms with Gasteiger partial charge in [0.25, 0.3) is 5.91 Å². The van der Waals surface area contributed by atoms with E-state index in [1.54, 1.807) is 12.0 Å². The molecule has 1 aromatic heterocycles. The number of aromatic nitrogens is 2. The largest absolute Gasteiger partial charge is 0.493 e. The van der Waals surface area contributed by atoms with Crippen LogP contribution in [-0.2, 0) is 6.54 Å². The maximum absolute atomic E-state index is 12.6. The van der Waals surface area contributed by atoms with E-state index in [1.165, 1.54) is 0 Å². The summed E-state index contributed by atoms with van der Waals surface area (Å²) < 4.78 is 13.0. The first kappa shape index (κ1) is 16.4. The number of para-hydroxylation sites is 2. The molecule has 1 amide bonds. The van der Waals surface area contributed by atoms with Crippen LogP contribution < -0.4 is 9.47 Å². The van der Waals surface area contributed by atoms with Crippen LogP contribution in [0, 0.1) is 6.92 Å². The average Bonchev–Trinajstić information content (AvgIpc) is 2.91. The fraction of sp³-hybridized carbons (Fsp3) is 0.444. The molecule has 0 atom stereocenters. The van der Waals surface area contributed by atoms with Crippen molar-refractivity contribution < 1.29 is 14.3 Å². The van der Waals surface area contributed by atoms with Crippen molar-refractivity contribution in [2.75, 3.05) is 20.2 Å². The molecule has 1 saturated heterocycles. The molecule has 0 aliphatic carbocycles. The lowest BCUT2D eigenvalue weighted by molar-refractivity contribution is 0.0168. The van der Waals surface area contributed by atoms with Crippen LogP contribution in [0.5, 0.6) is 11.5 Å². The molecule has 0 radical (unpaired) electrons. The number of methoxy groups -OCH3 is 1. The highest BCUT2D eigenvalue weighted by molar-refractivity contribution is 5.95.